The van der Waals surface area contributed by atoms with E-state index in [0.29, 0.717) is 11.6 Å². The molecule has 2 aromatic heterocycles. The number of amides is 1. The first-order valence-corrected chi connectivity index (χ1v) is 7.01. The predicted octanol–water partition coefficient (Wildman–Crippen LogP) is -2.33. The number of carbonyl (C=O) groups excluding carboxylic acids is 1. The number of nitrogens with one attached hydrogen (secondary N) is 1. The number of hydrogen-bond donors (Lipinski definition) is 2. The first-order valence-electron chi connectivity index (χ1n) is 7.01. The number of carbonyl (C=O) groups is 1. The standard InChI is InChI=1S/C12H16N10O2/c1-21-11(16-18-20-21)12(8(10(13)23)4-3-5-14-12)7-24-6-9-15-19-22(2)17-9/h3-5,14H,6-7H2,1-2H3,(H2,13,23). The fourth-order valence-electron chi connectivity index (χ4n) is 2.48. The van der Waals surface area contributed by atoms with Gasteiger partial charge in [-0.2, -0.15) is 4.80 Å². The number of aromatic nitrogens is 8. The van der Waals surface area contributed by atoms with E-state index in [1.807, 2.05) is 0 Å². The third kappa shape index (κ3) is 2.74. The molecule has 0 aliphatic carbocycles. The molecular formula is C12H16N10O2. The molecule has 12 heteroatoms. The molecule has 3 heterocycles. The van der Waals surface area contributed by atoms with Gasteiger partial charge in [-0.1, -0.05) is 0 Å². The predicted molar refractivity (Wildman–Crippen MR) is 78.5 cm³/mol. The molecule has 1 amide bonds. The van der Waals surface area contributed by atoms with Crippen LogP contribution in [0, 0.1) is 0 Å². The first kappa shape index (κ1) is 15.7. The highest BCUT2D eigenvalue weighted by Gasteiger charge is 2.44. The van der Waals surface area contributed by atoms with Crippen molar-refractivity contribution in [2.75, 3.05) is 6.61 Å². The molecule has 0 bridgehead atoms. The zero-order valence-electron chi connectivity index (χ0n) is 13.1. The van der Waals surface area contributed by atoms with Crippen LogP contribution in [-0.4, -0.2) is 52.9 Å². The number of nitrogens with two attached hydrogens (primary N) is 1. The van der Waals surface area contributed by atoms with Gasteiger partial charge in [0.15, 0.2) is 17.2 Å². The molecule has 0 radical (unpaired) electrons. The summed E-state index contributed by atoms with van der Waals surface area (Å²) in [7, 11) is 3.32. The van der Waals surface area contributed by atoms with Crippen molar-refractivity contribution >= 4 is 5.91 Å². The normalized spacial score (nSPS) is 19.8. The number of dihydropyridines is 1. The van der Waals surface area contributed by atoms with Gasteiger partial charge in [0, 0.05) is 7.05 Å². The van der Waals surface area contributed by atoms with Gasteiger partial charge in [-0.05, 0) is 34.0 Å². The Morgan fingerprint density at radius 2 is 2.21 bits per heavy atom. The highest BCUT2D eigenvalue weighted by atomic mass is 16.5. The minimum absolute atomic E-state index is 0.0403. The van der Waals surface area contributed by atoms with E-state index in [9.17, 15) is 4.79 Å². The van der Waals surface area contributed by atoms with Crippen LogP contribution >= 0.6 is 0 Å². The lowest BCUT2D eigenvalue weighted by Crippen LogP contribution is -2.51. The molecule has 0 saturated heterocycles. The van der Waals surface area contributed by atoms with Crippen molar-refractivity contribution in [2.24, 2.45) is 19.8 Å². The van der Waals surface area contributed by atoms with Crippen molar-refractivity contribution in [2.45, 2.75) is 12.1 Å². The Hall–Kier alpha value is -3.15. The van der Waals surface area contributed by atoms with E-state index in [0.717, 1.165) is 0 Å². The van der Waals surface area contributed by atoms with E-state index in [4.69, 9.17) is 10.5 Å². The lowest BCUT2D eigenvalue weighted by Gasteiger charge is -2.34. The SMILES string of the molecule is Cn1nnc(COCC2(c3nnnn3C)NC=CC=C2C(N)=O)n1. The summed E-state index contributed by atoms with van der Waals surface area (Å²) in [5, 5.41) is 26.2. The molecule has 3 rings (SSSR count). The van der Waals surface area contributed by atoms with Crippen LogP contribution in [0.2, 0.25) is 0 Å². The van der Waals surface area contributed by atoms with Crippen molar-refractivity contribution in [1.82, 2.24) is 45.7 Å². The zero-order valence-corrected chi connectivity index (χ0v) is 13.1. The molecule has 0 saturated carbocycles. The van der Waals surface area contributed by atoms with Crippen molar-refractivity contribution in [3.8, 4) is 0 Å². The van der Waals surface area contributed by atoms with Crippen LogP contribution in [0.25, 0.3) is 0 Å². The minimum atomic E-state index is -1.11. The Morgan fingerprint density at radius 1 is 1.38 bits per heavy atom. The highest BCUT2D eigenvalue weighted by Crippen LogP contribution is 2.30. The van der Waals surface area contributed by atoms with Crippen molar-refractivity contribution < 1.29 is 9.53 Å². The Morgan fingerprint density at radius 3 is 2.83 bits per heavy atom. The van der Waals surface area contributed by atoms with Crippen LogP contribution in [0.5, 0.6) is 0 Å². The molecule has 3 N–H and O–H groups in total. The summed E-state index contributed by atoms with van der Waals surface area (Å²) in [5.41, 5.74) is 4.71. The van der Waals surface area contributed by atoms with Gasteiger partial charge in [0.2, 0.25) is 5.91 Å². The van der Waals surface area contributed by atoms with Crippen LogP contribution in [0.15, 0.2) is 23.9 Å². The summed E-state index contributed by atoms with van der Waals surface area (Å²) in [5.74, 6) is 0.208. The van der Waals surface area contributed by atoms with E-state index in [1.165, 1.54) is 9.48 Å². The molecule has 0 fully saturated rings. The van der Waals surface area contributed by atoms with E-state index in [2.05, 4.69) is 36.3 Å². The zero-order chi connectivity index (χ0) is 17.2. The summed E-state index contributed by atoms with van der Waals surface area (Å²) in [6.07, 6.45) is 4.95. The first-order chi connectivity index (χ1) is 11.5. The Labute approximate surface area is 136 Å². The smallest absolute Gasteiger partial charge is 0.247 e. The van der Waals surface area contributed by atoms with Crippen molar-refractivity contribution in [1.29, 1.82) is 0 Å². The summed E-state index contributed by atoms with van der Waals surface area (Å²) >= 11 is 0. The van der Waals surface area contributed by atoms with Crippen LogP contribution in [0.1, 0.15) is 11.6 Å². The van der Waals surface area contributed by atoms with Crippen LogP contribution < -0.4 is 11.1 Å². The van der Waals surface area contributed by atoms with E-state index >= 15 is 0 Å². The molecule has 24 heavy (non-hydrogen) atoms. The Balaban J connectivity index is 1.88. The molecular weight excluding hydrogens is 316 g/mol. The number of ether oxygens (including phenoxy) is 1. The molecule has 1 aliphatic rings. The molecule has 0 aromatic carbocycles. The summed E-state index contributed by atoms with van der Waals surface area (Å²) in [6.45, 7) is 0.150. The van der Waals surface area contributed by atoms with Crippen LogP contribution in [-0.2, 0) is 35.8 Å². The van der Waals surface area contributed by atoms with Gasteiger partial charge in [-0.25, -0.2) is 4.68 Å². The topological polar surface area (TPSA) is 152 Å². The molecule has 1 atom stereocenters. The average Bonchev–Trinajstić information content (AvgIpc) is 3.16. The monoisotopic (exact) mass is 332 g/mol. The summed E-state index contributed by atoms with van der Waals surface area (Å²) in [4.78, 5) is 13.3. The average molecular weight is 332 g/mol. The maximum atomic E-state index is 11.9. The van der Waals surface area contributed by atoms with Gasteiger partial charge in [-0.3, -0.25) is 4.79 Å². The van der Waals surface area contributed by atoms with Gasteiger partial charge in [0.1, 0.15) is 6.61 Å². The largest absolute Gasteiger partial charge is 0.373 e. The minimum Gasteiger partial charge on any atom is -0.373 e. The second kappa shape index (κ2) is 6.16. The van der Waals surface area contributed by atoms with Gasteiger partial charge in [-0.15, -0.1) is 15.3 Å². The summed E-state index contributed by atoms with van der Waals surface area (Å²) in [6, 6.07) is 0. The molecule has 126 valence electrons. The van der Waals surface area contributed by atoms with Gasteiger partial charge >= 0.3 is 0 Å². The second-order valence-corrected chi connectivity index (χ2v) is 5.17. The molecule has 12 nitrogen and oxygen atoms in total. The maximum absolute atomic E-state index is 11.9. The fourth-order valence-corrected chi connectivity index (χ4v) is 2.48. The van der Waals surface area contributed by atoms with Gasteiger partial charge in [0.25, 0.3) is 0 Å². The summed E-state index contributed by atoms with van der Waals surface area (Å²) < 4.78 is 7.15. The van der Waals surface area contributed by atoms with Gasteiger partial charge in [0.05, 0.1) is 19.2 Å². The lowest BCUT2D eigenvalue weighted by molar-refractivity contribution is -0.115. The van der Waals surface area contributed by atoms with Crippen LogP contribution in [0.3, 0.4) is 0 Å². The molecule has 2 aromatic rings. The Kier molecular flexibility index (Phi) is 4.04. The third-order valence-electron chi connectivity index (χ3n) is 3.52. The molecule has 1 unspecified atom stereocenters. The van der Waals surface area contributed by atoms with Gasteiger partial charge < -0.3 is 15.8 Å². The molecule has 1 aliphatic heterocycles. The highest BCUT2D eigenvalue weighted by molar-refractivity contribution is 5.95. The van der Waals surface area contributed by atoms with Crippen LogP contribution in [0.4, 0.5) is 0 Å². The second-order valence-electron chi connectivity index (χ2n) is 5.17. The number of hydrogen-bond acceptors (Lipinski definition) is 9. The number of primary amides is 1. The number of nitrogens with zero attached hydrogens (tertiary/aromatic N) is 8. The van der Waals surface area contributed by atoms with E-state index in [-0.39, 0.29) is 18.8 Å². The lowest BCUT2D eigenvalue weighted by atomic mass is 9.86. The molecule has 0 spiro atoms. The fraction of sp³-hybridized carbons (Fsp3) is 0.417. The van der Waals surface area contributed by atoms with E-state index in [1.54, 1.807) is 32.4 Å². The number of allylic oxidation sites excluding steroid dienone is 2. The number of tetrazole rings is 2. The quantitative estimate of drug-likeness (QED) is 0.593. The number of rotatable bonds is 6. The maximum Gasteiger partial charge on any atom is 0.247 e. The third-order valence-corrected chi connectivity index (χ3v) is 3.52. The Bertz CT molecular complexity index is 806. The van der Waals surface area contributed by atoms with E-state index < -0.39 is 11.4 Å². The van der Waals surface area contributed by atoms with Crippen molar-refractivity contribution in [3.63, 3.8) is 0 Å². The van der Waals surface area contributed by atoms with Crippen molar-refractivity contribution in [3.05, 3.63) is 35.6 Å². The number of aryl methyl sites for hydroxylation is 2.